The van der Waals surface area contributed by atoms with Gasteiger partial charge in [0.25, 0.3) is 0 Å². The van der Waals surface area contributed by atoms with Crippen molar-refractivity contribution in [1.82, 2.24) is 0 Å². The fourth-order valence-electron chi connectivity index (χ4n) is 3.31. The van der Waals surface area contributed by atoms with Gasteiger partial charge in [-0.05, 0) is 23.3 Å². The highest BCUT2D eigenvalue weighted by molar-refractivity contribution is 5.60. The predicted molar refractivity (Wildman–Crippen MR) is 129 cm³/mol. The van der Waals surface area contributed by atoms with Crippen molar-refractivity contribution in [2.75, 3.05) is 0 Å². The summed E-state index contributed by atoms with van der Waals surface area (Å²) in [4.78, 5) is 12.2. The van der Waals surface area contributed by atoms with E-state index < -0.39 is 6.16 Å². The molecule has 5 nitrogen and oxygen atoms in total. The van der Waals surface area contributed by atoms with Crippen molar-refractivity contribution in [3.05, 3.63) is 131 Å². The second kappa shape index (κ2) is 12.1. The van der Waals surface area contributed by atoms with Crippen LogP contribution in [0.15, 0.2) is 109 Å². The summed E-state index contributed by atoms with van der Waals surface area (Å²) in [6, 6.07) is 34.7. The van der Waals surface area contributed by atoms with Crippen molar-refractivity contribution < 1.29 is 23.7 Å². The average molecular weight is 455 g/mol. The van der Waals surface area contributed by atoms with Gasteiger partial charge in [-0.25, -0.2) is 4.79 Å². The van der Waals surface area contributed by atoms with Crippen LogP contribution in [0.3, 0.4) is 0 Å². The molecule has 0 saturated heterocycles. The first-order valence-corrected chi connectivity index (χ1v) is 11.1. The van der Waals surface area contributed by atoms with Gasteiger partial charge in [0.15, 0.2) is 0 Å². The van der Waals surface area contributed by atoms with Crippen LogP contribution in [-0.2, 0) is 35.9 Å². The SMILES string of the molecule is O=C(OCc1ccccc1OCc1ccccc1)OCc1ccccc1OCc1ccccc1. The molecule has 4 aromatic carbocycles. The molecule has 0 N–H and O–H groups in total. The number of carbonyl (C=O) groups excluding carboxylic acids is 1. The fourth-order valence-corrected chi connectivity index (χ4v) is 3.31. The van der Waals surface area contributed by atoms with Crippen molar-refractivity contribution in [3.8, 4) is 11.5 Å². The molecule has 0 saturated carbocycles. The minimum absolute atomic E-state index is 0.0515. The Morgan fingerprint density at radius 3 is 1.29 bits per heavy atom. The van der Waals surface area contributed by atoms with Crippen molar-refractivity contribution in [3.63, 3.8) is 0 Å². The lowest BCUT2D eigenvalue weighted by Crippen LogP contribution is -2.09. The summed E-state index contributed by atoms with van der Waals surface area (Å²) in [5, 5.41) is 0. The largest absolute Gasteiger partial charge is 0.508 e. The van der Waals surface area contributed by atoms with Crippen molar-refractivity contribution in [2.45, 2.75) is 26.4 Å². The van der Waals surface area contributed by atoms with Gasteiger partial charge in [-0.1, -0.05) is 97.1 Å². The molecule has 172 valence electrons. The molecule has 0 spiro atoms. The maximum absolute atomic E-state index is 12.2. The fraction of sp³-hybridized carbons (Fsp3) is 0.138. The number of ether oxygens (including phenoxy) is 4. The minimum atomic E-state index is -0.754. The molecule has 0 atom stereocenters. The Labute approximate surface area is 199 Å². The van der Waals surface area contributed by atoms with Gasteiger partial charge in [-0.2, -0.15) is 0 Å². The molecule has 0 bridgehead atoms. The Hall–Kier alpha value is -4.25. The summed E-state index contributed by atoms with van der Waals surface area (Å²) >= 11 is 0. The number of carbonyl (C=O) groups is 1. The average Bonchev–Trinajstić information content (AvgIpc) is 2.90. The monoisotopic (exact) mass is 454 g/mol. The normalized spacial score (nSPS) is 10.4. The van der Waals surface area contributed by atoms with E-state index in [4.69, 9.17) is 18.9 Å². The van der Waals surface area contributed by atoms with Crippen LogP contribution in [0.2, 0.25) is 0 Å². The lowest BCUT2D eigenvalue weighted by atomic mass is 10.2. The molecule has 0 aliphatic carbocycles. The van der Waals surface area contributed by atoms with Gasteiger partial charge in [-0.3, -0.25) is 0 Å². The lowest BCUT2D eigenvalue weighted by molar-refractivity contribution is 0.0434. The smallest absolute Gasteiger partial charge is 0.488 e. The third-order valence-corrected chi connectivity index (χ3v) is 5.11. The molecular weight excluding hydrogens is 428 g/mol. The van der Waals surface area contributed by atoms with E-state index in [1.165, 1.54) is 0 Å². The molecule has 4 aromatic rings. The molecule has 0 heterocycles. The molecule has 0 radical (unpaired) electrons. The molecule has 0 fully saturated rings. The first-order valence-electron chi connectivity index (χ1n) is 11.1. The van der Waals surface area contributed by atoms with Gasteiger partial charge in [0.05, 0.1) is 0 Å². The maximum atomic E-state index is 12.2. The molecule has 0 amide bonds. The van der Waals surface area contributed by atoms with E-state index in [1.807, 2.05) is 109 Å². The first-order chi connectivity index (χ1) is 16.8. The Balaban J connectivity index is 1.27. The quantitative estimate of drug-likeness (QED) is 0.250. The summed E-state index contributed by atoms with van der Waals surface area (Å²) in [5.41, 5.74) is 3.65. The molecule has 34 heavy (non-hydrogen) atoms. The second-order valence-electron chi connectivity index (χ2n) is 7.59. The third-order valence-electron chi connectivity index (χ3n) is 5.11. The Morgan fingerprint density at radius 2 is 0.853 bits per heavy atom. The number of hydrogen-bond donors (Lipinski definition) is 0. The van der Waals surface area contributed by atoms with E-state index in [9.17, 15) is 4.79 Å². The van der Waals surface area contributed by atoms with E-state index in [0.29, 0.717) is 24.7 Å². The Kier molecular flexibility index (Phi) is 8.17. The zero-order chi connectivity index (χ0) is 23.4. The highest BCUT2D eigenvalue weighted by Crippen LogP contribution is 2.22. The van der Waals surface area contributed by atoms with Crippen molar-refractivity contribution in [2.24, 2.45) is 0 Å². The van der Waals surface area contributed by atoms with E-state index in [1.54, 1.807) is 0 Å². The number of para-hydroxylation sites is 2. The standard InChI is InChI=1S/C29H26O5/c30-29(33-21-25-15-7-9-17-27(25)31-19-23-11-3-1-4-12-23)34-22-26-16-8-10-18-28(26)32-20-24-13-5-2-6-14-24/h1-18H,19-22H2. The molecule has 0 aromatic heterocycles. The third kappa shape index (κ3) is 6.87. The summed E-state index contributed by atoms with van der Waals surface area (Å²) in [7, 11) is 0. The van der Waals surface area contributed by atoms with Gasteiger partial charge < -0.3 is 18.9 Å². The highest BCUT2D eigenvalue weighted by Gasteiger charge is 2.11. The molecule has 5 heteroatoms. The number of hydrogen-bond acceptors (Lipinski definition) is 5. The van der Waals surface area contributed by atoms with Crippen LogP contribution < -0.4 is 9.47 Å². The van der Waals surface area contributed by atoms with E-state index in [0.717, 1.165) is 22.3 Å². The van der Waals surface area contributed by atoms with Crippen LogP contribution in [0.1, 0.15) is 22.3 Å². The van der Waals surface area contributed by atoms with Crippen LogP contribution in [0, 0.1) is 0 Å². The zero-order valence-corrected chi connectivity index (χ0v) is 18.8. The first kappa shape index (κ1) is 22.9. The van der Waals surface area contributed by atoms with E-state index >= 15 is 0 Å². The van der Waals surface area contributed by atoms with Gasteiger partial charge in [0.2, 0.25) is 0 Å². The summed E-state index contributed by atoms with van der Waals surface area (Å²) in [6.07, 6.45) is -0.754. The molecular formula is C29H26O5. The molecule has 0 aliphatic rings. The van der Waals surface area contributed by atoms with E-state index in [-0.39, 0.29) is 13.2 Å². The summed E-state index contributed by atoms with van der Waals surface area (Å²) in [6.45, 7) is 0.968. The molecule has 0 unspecified atom stereocenters. The van der Waals surface area contributed by atoms with Crippen molar-refractivity contribution >= 4 is 6.16 Å². The van der Waals surface area contributed by atoms with Crippen LogP contribution in [-0.4, -0.2) is 6.16 Å². The zero-order valence-electron chi connectivity index (χ0n) is 18.8. The Bertz CT molecular complexity index is 1080. The maximum Gasteiger partial charge on any atom is 0.508 e. The summed E-state index contributed by atoms with van der Waals surface area (Å²) < 4.78 is 22.5. The molecule has 0 aliphatic heterocycles. The minimum Gasteiger partial charge on any atom is -0.488 e. The topological polar surface area (TPSA) is 54.0 Å². The second-order valence-corrected chi connectivity index (χ2v) is 7.59. The predicted octanol–water partition coefficient (Wildman–Crippen LogP) is 6.70. The van der Waals surface area contributed by atoms with Gasteiger partial charge in [-0.15, -0.1) is 0 Å². The summed E-state index contributed by atoms with van der Waals surface area (Å²) in [5.74, 6) is 1.33. The highest BCUT2D eigenvalue weighted by atomic mass is 16.7. The van der Waals surface area contributed by atoms with Gasteiger partial charge >= 0.3 is 6.16 Å². The van der Waals surface area contributed by atoms with Gasteiger partial charge in [0.1, 0.15) is 37.9 Å². The van der Waals surface area contributed by atoms with E-state index in [2.05, 4.69) is 0 Å². The number of rotatable bonds is 10. The van der Waals surface area contributed by atoms with Crippen molar-refractivity contribution in [1.29, 1.82) is 0 Å². The van der Waals surface area contributed by atoms with Crippen LogP contribution in [0.5, 0.6) is 11.5 Å². The van der Waals surface area contributed by atoms with Crippen LogP contribution >= 0.6 is 0 Å². The Morgan fingerprint density at radius 1 is 0.471 bits per heavy atom. The van der Waals surface area contributed by atoms with Crippen LogP contribution in [0.4, 0.5) is 4.79 Å². The molecule has 4 rings (SSSR count). The van der Waals surface area contributed by atoms with Gasteiger partial charge in [0, 0.05) is 11.1 Å². The number of benzene rings is 4. The lowest BCUT2D eigenvalue weighted by Gasteiger charge is -2.13. The van der Waals surface area contributed by atoms with Crippen LogP contribution in [0.25, 0.3) is 0 Å².